The van der Waals surface area contributed by atoms with Gasteiger partial charge in [-0.15, -0.1) is 0 Å². The lowest BCUT2D eigenvalue weighted by Gasteiger charge is -2.11. The van der Waals surface area contributed by atoms with Crippen LogP contribution in [0.3, 0.4) is 0 Å². The van der Waals surface area contributed by atoms with Crippen molar-refractivity contribution in [2.45, 2.75) is 20.4 Å². The van der Waals surface area contributed by atoms with Crippen LogP contribution in [0.25, 0.3) is 11.3 Å². The van der Waals surface area contributed by atoms with E-state index in [0.29, 0.717) is 28.2 Å². The van der Waals surface area contributed by atoms with Gasteiger partial charge in [0.2, 0.25) is 11.8 Å². The Hall–Kier alpha value is -4.25. The molecule has 0 aliphatic carbocycles. The van der Waals surface area contributed by atoms with Crippen molar-refractivity contribution in [2.24, 2.45) is 0 Å². The third kappa shape index (κ3) is 4.97. The summed E-state index contributed by atoms with van der Waals surface area (Å²) in [5.74, 6) is -0.634. The summed E-state index contributed by atoms with van der Waals surface area (Å²) in [4.78, 5) is 35.9. The Morgan fingerprint density at radius 3 is 2.63 bits per heavy atom. The quantitative estimate of drug-likeness (QED) is 0.682. The van der Waals surface area contributed by atoms with Crippen molar-refractivity contribution in [1.29, 1.82) is 5.26 Å². The number of hydrogen-bond acceptors (Lipinski definition) is 5. The summed E-state index contributed by atoms with van der Waals surface area (Å²) in [6.45, 7) is 3.01. The van der Waals surface area contributed by atoms with Crippen molar-refractivity contribution in [2.75, 3.05) is 10.6 Å². The molecule has 0 aliphatic heterocycles. The Labute approximate surface area is 172 Å². The number of benzene rings is 2. The minimum absolute atomic E-state index is 0.190. The maximum Gasteiger partial charge on any atom is 0.267 e. The van der Waals surface area contributed by atoms with Gasteiger partial charge < -0.3 is 10.6 Å². The molecule has 0 bridgehead atoms. The van der Waals surface area contributed by atoms with Crippen LogP contribution in [0.15, 0.2) is 59.4 Å². The molecule has 0 unspecified atom stereocenters. The summed E-state index contributed by atoms with van der Waals surface area (Å²) in [6, 6.07) is 16.8. The summed E-state index contributed by atoms with van der Waals surface area (Å²) in [5.41, 5.74) is 3.17. The smallest absolute Gasteiger partial charge is 0.267 e. The van der Waals surface area contributed by atoms with Crippen molar-refractivity contribution in [3.8, 4) is 17.3 Å². The topological polar surface area (TPSA) is 117 Å². The predicted octanol–water partition coefficient (Wildman–Crippen LogP) is 2.69. The van der Waals surface area contributed by atoms with E-state index in [-0.39, 0.29) is 12.5 Å². The first-order chi connectivity index (χ1) is 14.4. The van der Waals surface area contributed by atoms with E-state index < -0.39 is 11.5 Å². The molecule has 1 aromatic heterocycles. The van der Waals surface area contributed by atoms with Crippen LogP contribution in [0.4, 0.5) is 11.4 Å². The van der Waals surface area contributed by atoms with Gasteiger partial charge in [0.05, 0.1) is 17.3 Å². The number of aromatic nitrogens is 2. The Balaban J connectivity index is 1.83. The maximum absolute atomic E-state index is 12.4. The Bertz CT molecular complexity index is 1220. The van der Waals surface area contributed by atoms with Crippen LogP contribution in [0, 0.1) is 18.3 Å². The van der Waals surface area contributed by atoms with E-state index in [9.17, 15) is 14.4 Å². The minimum Gasteiger partial charge on any atom is -0.326 e. The largest absolute Gasteiger partial charge is 0.326 e. The molecule has 0 radical (unpaired) electrons. The fourth-order valence-corrected chi connectivity index (χ4v) is 2.82. The van der Waals surface area contributed by atoms with Gasteiger partial charge >= 0.3 is 0 Å². The molecule has 30 heavy (non-hydrogen) atoms. The summed E-state index contributed by atoms with van der Waals surface area (Å²) in [7, 11) is 0. The first-order valence-electron chi connectivity index (χ1n) is 9.12. The molecule has 0 spiro atoms. The molecular formula is C22H19N5O3. The van der Waals surface area contributed by atoms with Crippen LogP contribution in [0.2, 0.25) is 0 Å². The van der Waals surface area contributed by atoms with E-state index in [1.54, 1.807) is 36.4 Å². The van der Waals surface area contributed by atoms with Gasteiger partial charge in [0.25, 0.3) is 5.56 Å². The Morgan fingerprint density at radius 2 is 1.90 bits per heavy atom. The molecule has 0 saturated heterocycles. The highest BCUT2D eigenvalue weighted by Gasteiger charge is 2.10. The van der Waals surface area contributed by atoms with Gasteiger partial charge in [-0.2, -0.15) is 10.4 Å². The molecule has 0 atom stereocenters. The minimum atomic E-state index is -0.445. The van der Waals surface area contributed by atoms with Gasteiger partial charge in [0.15, 0.2) is 0 Å². The van der Waals surface area contributed by atoms with Gasteiger partial charge in [-0.1, -0.05) is 18.2 Å². The lowest BCUT2D eigenvalue weighted by Crippen LogP contribution is -2.29. The number of carbonyl (C=O) groups excluding carboxylic acids is 2. The zero-order valence-corrected chi connectivity index (χ0v) is 16.5. The molecule has 2 amide bonds. The second-order valence-electron chi connectivity index (χ2n) is 6.67. The molecule has 150 valence electrons. The highest BCUT2D eigenvalue weighted by molar-refractivity contribution is 5.91. The number of nitrogens with zero attached hydrogens (tertiary/aromatic N) is 3. The van der Waals surface area contributed by atoms with Gasteiger partial charge in [-0.05, 0) is 42.8 Å². The summed E-state index contributed by atoms with van der Waals surface area (Å²) in [5, 5.41) is 18.6. The highest BCUT2D eigenvalue weighted by Crippen LogP contribution is 2.23. The Morgan fingerprint density at radius 1 is 1.10 bits per heavy atom. The molecule has 2 aromatic carbocycles. The van der Waals surface area contributed by atoms with Crippen LogP contribution in [-0.4, -0.2) is 21.6 Å². The summed E-state index contributed by atoms with van der Waals surface area (Å²) >= 11 is 0. The molecule has 3 rings (SSSR count). The maximum atomic E-state index is 12.4. The number of rotatable bonds is 5. The fraction of sp³-hybridized carbons (Fsp3) is 0.136. The van der Waals surface area contributed by atoms with Gasteiger partial charge in [-0.25, -0.2) is 4.68 Å². The van der Waals surface area contributed by atoms with Crippen LogP contribution < -0.4 is 16.2 Å². The highest BCUT2D eigenvalue weighted by atomic mass is 16.2. The molecular weight excluding hydrogens is 382 g/mol. The van der Waals surface area contributed by atoms with Crippen molar-refractivity contribution >= 4 is 23.2 Å². The van der Waals surface area contributed by atoms with Crippen molar-refractivity contribution < 1.29 is 9.59 Å². The van der Waals surface area contributed by atoms with E-state index in [2.05, 4.69) is 15.7 Å². The standard InChI is InChI=1S/C22H19N5O3/c1-14-6-7-17(11-20(14)24-15(2)28)19-8-9-22(30)27(26-19)13-21(29)25-18-5-3-4-16(10-18)12-23/h3-11H,13H2,1-2H3,(H,24,28)(H,25,29). The average Bonchev–Trinajstić information content (AvgIpc) is 2.71. The normalized spacial score (nSPS) is 10.2. The number of aryl methyl sites for hydroxylation is 1. The molecule has 2 N–H and O–H groups in total. The molecule has 0 saturated carbocycles. The molecule has 8 heteroatoms. The molecule has 1 heterocycles. The molecule has 8 nitrogen and oxygen atoms in total. The number of nitriles is 1. The van der Waals surface area contributed by atoms with E-state index in [1.165, 1.54) is 13.0 Å². The van der Waals surface area contributed by atoms with E-state index in [4.69, 9.17) is 5.26 Å². The van der Waals surface area contributed by atoms with Gasteiger partial charge in [-0.3, -0.25) is 14.4 Å². The van der Waals surface area contributed by atoms with Crippen LogP contribution in [0.1, 0.15) is 18.1 Å². The van der Waals surface area contributed by atoms with Crippen LogP contribution in [-0.2, 0) is 16.1 Å². The van der Waals surface area contributed by atoms with Crippen LogP contribution in [0.5, 0.6) is 0 Å². The first-order valence-corrected chi connectivity index (χ1v) is 9.12. The second kappa shape index (κ2) is 8.84. The SMILES string of the molecule is CC(=O)Nc1cc(-c2ccc(=O)n(CC(=O)Nc3cccc(C#N)c3)n2)ccc1C. The number of nitrogens with one attached hydrogen (secondary N) is 2. The summed E-state index contributed by atoms with van der Waals surface area (Å²) in [6.07, 6.45) is 0. The number of amides is 2. The zero-order chi connectivity index (χ0) is 21.7. The van der Waals surface area contributed by atoms with Crippen molar-refractivity contribution in [1.82, 2.24) is 9.78 Å². The number of anilines is 2. The Kier molecular flexibility index (Phi) is 6.03. The zero-order valence-electron chi connectivity index (χ0n) is 16.5. The summed E-state index contributed by atoms with van der Waals surface area (Å²) < 4.78 is 1.07. The van der Waals surface area contributed by atoms with Gasteiger partial charge in [0.1, 0.15) is 6.54 Å². The molecule has 0 fully saturated rings. The molecule has 0 aliphatic rings. The van der Waals surface area contributed by atoms with E-state index in [0.717, 1.165) is 10.2 Å². The predicted molar refractivity (Wildman–Crippen MR) is 113 cm³/mol. The van der Waals surface area contributed by atoms with Crippen LogP contribution >= 0.6 is 0 Å². The van der Waals surface area contributed by atoms with Crippen molar-refractivity contribution in [3.63, 3.8) is 0 Å². The monoisotopic (exact) mass is 401 g/mol. The third-order valence-electron chi connectivity index (χ3n) is 4.28. The first kappa shape index (κ1) is 20.5. The number of hydrogen-bond donors (Lipinski definition) is 2. The average molecular weight is 401 g/mol. The lowest BCUT2D eigenvalue weighted by atomic mass is 10.1. The van der Waals surface area contributed by atoms with Crippen molar-refractivity contribution in [3.05, 3.63) is 76.1 Å². The lowest BCUT2D eigenvalue weighted by molar-refractivity contribution is -0.117. The fourth-order valence-electron chi connectivity index (χ4n) is 2.82. The van der Waals surface area contributed by atoms with Gasteiger partial charge in [0, 0.05) is 29.9 Å². The molecule has 3 aromatic rings. The second-order valence-corrected chi connectivity index (χ2v) is 6.67. The van der Waals surface area contributed by atoms with E-state index >= 15 is 0 Å². The van der Waals surface area contributed by atoms with E-state index in [1.807, 2.05) is 25.1 Å². The number of carbonyl (C=O) groups is 2. The third-order valence-corrected chi connectivity index (χ3v) is 4.28.